The third kappa shape index (κ3) is 3.77. The van der Waals surface area contributed by atoms with Gasteiger partial charge in [0.05, 0.1) is 24.0 Å². The minimum Gasteiger partial charge on any atom is -0.465 e. The lowest BCUT2D eigenvalue weighted by Crippen LogP contribution is -2.59. The Morgan fingerprint density at radius 3 is 2.71 bits per heavy atom. The maximum atomic E-state index is 13.2. The third-order valence-electron chi connectivity index (χ3n) is 3.21. The van der Waals surface area contributed by atoms with Crippen molar-refractivity contribution in [2.75, 3.05) is 32.1 Å². The van der Waals surface area contributed by atoms with Crippen LogP contribution in [0.5, 0.6) is 0 Å². The second kappa shape index (κ2) is 6.19. The Labute approximate surface area is 121 Å². The average molecular weight is 296 g/mol. The molecule has 0 saturated carbocycles. The molecule has 6 nitrogen and oxygen atoms in total. The van der Waals surface area contributed by atoms with Gasteiger partial charge >= 0.3 is 5.97 Å². The summed E-state index contributed by atoms with van der Waals surface area (Å²) in [5.41, 5.74) is -0.193. The number of halogens is 1. The predicted octanol–water partition coefficient (Wildman–Crippen LogP) is 0.929. The van der Waals surface area contributed by atoms with Gasteiger partial charge in [0.15, 0.2) is 0 Å². The molecule has 1 aliphatic heterocycles. The van der Waals surface area contributed by atoms with Crippen LogP contribution in [0, 0.1) is 5.82 Å². The summed E-state index contributed by atoms with van der Waals surface area (Å²) in [5.74, 6) is -1.72. The van der Waals surface area contributed by atoms with Gasteiger partial charge in [-0.05, 0) is 25.1 Å². The highest BCUT2D eigenvalue weighted by atomic mass is 19.1. The maximum absolute atomic E-state index is 13.2. The largest absolute Gasteiger partial charge is 0.465 e. The zero-order valence-corrected chi connectivity index (χ0v) is 11.9. The molecule has 1 amide bonds. The number of benzene rings is 1. The number of methoxy groups -OCH3 is 1. The van der Waals surface area contributed by atoms with E-state index < -0.39 is 17.7 Å². The molecule has 1 aromatic rings. The van der Waals surface area contributed by atoms with Gasteiger partial charge in [0, 0.05) is 13.1 Å². The van der Waals surface area contributed by atoms with Gasteiger partial charge in [0.1, 0.15) is 12.4 Å². The number of hydrogen-bond acceptors (Lipinski definition) is 5. The fourth-order valence-corrected chi connectivity index (χ4v) is 1.91. The van der Waals surface area contributed by atoms with Gasteiger partial charge in [-0.25, -0.2) is 9.18 Å². The van der Waals surface area contributed by atoms with Crippen LogP contribution in [0.15, 0.2) is 18.2 Å². The Morgan fingerprint density at radius 1 is 1.43 bits per heavy atom. The number of nitrogens with one attached hydrogen (secondary N) is 2. The van der Waals surface area contributed by atoms with E-state index in [0.717, 1.165) is 12.1 Å². The number of amides is 1. The van der Waals surface area contributed by atoms with Gasteiger partial charge in [-0.3, -0.25) is 4.79 Å². The van der Waals surface area contributed by atoms with E-state index in [4.69, 9.17) is 4.74 Å². The topological polar surface area (TPSA) is 76.7 Å². The maximum Gasteiger partial charge on any atom is 0.340 e. The summed E-state index contributed by atoms with van der Waals surface area (Å²) in [6.45, 7) is 3.12. The highest BCUT2D eigenvalue weighted by molar-refractivity contribution is 6.01. The highest BCUT2D eigenvalue weighted by Crippen LogP contribution is 2.19. The first-order valence-corrected chi connectivity index (χ1v) is 6.46. The normalized spacial score (nSPS) is 16.0. The molecule has 0 unspecified atom stereocenters. The lowest BCUT2D eigenvalue weighted by atomic mass is 10.0. The molecule has 0 aromatic heterocycles. The zero-order chi connectivity index (χ0) is 15.5. The van der Waals surface area contributed by atoms with Crippen LogP contribution in [-0.4, -0.2) is 44.3 Å². The molecule has 0 atom stereocenters. The average Bonchev–Trinajstić information content (AvgIpc) is 2.44. The molecule has 1 heterocycles. The van der Waals surface area contributed by atoms with Gasteiger partial charge in [-0.1, -0.05) is 0 Å². The van der Waals surface area contributed by atoms with E-state index in [-0.39, 0.29) is 23.5 Å². The third-order valence-corrected chi connectivity index (χ3v) is 3.21. The number of carbonyl (C=O) groups excluding carboxylic acids is 2. The molecule has 21 heavy (non-hydrogen) atoms. The SMILES string of the molecule is COC(=O)c1cc(F)ccc1NC(=O)COC1(C)CNC1. The smallest absolute Gasteiger partial charge is 0.340 e. The van der Waals surface area contributed by atoms with Crippen molar-refractivity contribution in [3.8, 4) is 0 Å². The molecule has 0 bridgehead atoms. The van der Waals surface area contributed by atoms with Crippen LogP contribution in [0.2, 0.25) is 0 Å². The Hall–Kier alpha value is -1.99. The molecule has 2 rings (SSSR count). The van der Waals surface area contributed by atoms with Crippen molar-refractivity contribution in [3.63, 3.8) is 0 Å². The summed E-state index contributed by atoms with van der Waals surface area (Å²) in [7, 11) is 1.19. The van der Waals surface area contributed by atoms with Crippen molar-refractivity contribution >= 4 is 17.6 Å². The minimum absolute atomic E-state index is 0.0395. The molecule has 0 aliphatic carbocycles. The van der Waals surface area contributed by atoms with Crippen molar-refractivity contribution in [2.45, 2.75) is 12.5 Å². The van der Waals surface area contributed by atoms with Gasteiger partial charge in [-0.2, -0.15) is 0 Å². The Morgan fingerprint density at radius 2 is 2.14 bits per heavy atom. The van der Waals surface area contributed by atoms with Crippen molar-refractivity contribution in [1.29, 1.82) is 0 Å². The molecule has 114 valence electrons. The Kier molecular flexibility index (Phi) is 4.54. The summed E-state index contributed by atoms with van der Waals surface area (Å²) in [6.07, 6.45) is 0. The minimum atomic E-state index is -0.721. The van der Waals surface area contributed by atoms with E-state index in [9.17, 15) is 14.0 Å². The monoisotopic (exact) mass is 296 g/mol. The molecular weight excluding hydrogens is 279 g/mol. The standard InChI is InChI=1S/C14H17FN2O4/c1-14(7-16-8-14)21-6-12(18)17-11-4-3-9(15)5-10(11)13(19)20-2/h3-5,16H,6-8H2,1-2H3,(H,17,18). The first-order valence-electron chi connectivity index (χ1n) is 6.46. The Bertz CT molecular complexity index is 558. The van der Waals surface area contributed by atoms with Crippen LogP contribution in [0.25, 0.3) is 0 Å². The van der Waals surface area contributed by atoms with Crippen LogP contribution in [-0.2, 0) is 14.3 Å². The molecule has 7 heteroatoms. The molecule has 1 aromatic carbocycles. The van der Waals surface area contributed by atoms with Crippen molar-refractivity contribution < 1.29 is 23.5 Å². The molecule has 0 radical (unpaired) electrons. The summed E-state index contributed by atoms with van der Waals surface area (Å²) in [6, 6.07) is 3.48. The van der Waals surface area contributed by atoms with Crippen LogP contribution in [0.1, 0.15) is 17.3 Å². The van der Waals surface area contributed by atoms with Crippen molar-refractivity contribution in [3.05, 3.63) is 29.6 Å². The van der Waals surface area contributed by atoms with E-state index in [2.05, 4.69) is 15.4 Å². The van der Waals surface area contributed by atoms with Gasteiger partial charge in [0.2, 0.25) is 5.91 Å². The highest BCUT2D eigenvalue weighted by Gasteiger charge is 2.33. The van der Waals surface area contributed by atoms with Crippen molar-refractivity contribution in [2.24, 2.45) is 0 Å². The van der Waals surface area contributed by atoms with E-state index in [1.807, 2.05) is 6.92 Å². The van der Waals surface area contributed by atoms with E-state index in [1.165, 1.54) is 13.2 Å². The Balaban J connectivity index is 2.01. The van der Waals surface area contributed by atoms with Crippen LogP contribution < -0.4 is 10.6 Å². The van der Waals surface area contributed by atoms with E-state index in [0.29, 0.717) is 13.1 Å². The summed E-state index contributed by atoms with van der Waals surface area (Å²) < 4.78 is 23.2. The number of ether oxygens (including phenoxy) is 2. The van der Waals surface area contributed by atoms with Crippen LogP contribution >= 0.6 is 0 Å². The van der Waals surface area contributed by atoms with Gasteiger partial charge in [-0.15, -0.1) is 0 Å². The quantitative estimate of drug-likeness (QED) is 0.791. The number of anilines is 1. The lowest BCUT2D eigenvalue weighted by Gasteiger charge is -2.38. The number of hydrogen-bond donors (Lipinski definition) is 2. The van der Waals surface area contributed by atoms with Crippen molar-refractivity contribution in [1.82, 2.24) is 5.32 Å². The van der Waals surface area contributed by atoms with Gasteiger partial charge < -0.3 is 20.1 Å². The summed E-state index contributed by atoms with van der Waals surface area (Å²) in [5, 5.41) is 5.58. The first-order chi connectivity index (χ1) is 9.93. The molecule has 1 aliphatic rings. The summed E-state index contributed by atoms with van der Waals surface area (Å²) >= 11 is 0. The molecule has 1 saturated heterocycles. The van der Waals surface area contributed by atoms with Gasteiger partial charge in [0.25, 0.3) is 0 Å². The second-order valence-corrected chi connectivity index (χ2v) is 5.07. The van der Waals surface area contributed by atoms with E-state index in [1.54, 1.807) is 0 Å². The molecule has 1 fully saturated rings. The number of carbonyl (C=O) groups is 2. The molecule has 2 N–H and O–H groups in total. The van der Waals surface area contributed by atoms with E-state index >= 15 is 0 Å². The predicted molar refractivity (Wildman–Crippen MR) is 73.6 cm³/mol. The first kappa shape index (κ1) is 15.4. The molecule has 0 spiro atoms. The summed E-state index contributed by atoms with van der Waals surface area (Å²) in [4.78, 5) is 23.4. The van der Waals surface area contributed by atoms with Crippen LogP contribution in [0.3, 0.4) is 0 Å². The zero-order valence-electron chi connectivity index (χ0n) is 11.9. The fraction of sp³-hybridized carbons (Fsp3) is 0.429. The fourth-order valence-electron chi connectivity index (χ4n) is 1.91. The molecular formula is C14H17FN2O4. The van der Waals surface area contributed by atoms with Crippen LogP contribution in [0.4, 0.5) is 10.1 Å². The number of rotatable bonds is 5. The number of esters is 1. The second-order valence-electron chi connectivity index (χ2n) is 5.07. The lowest BCUT2D eigenvalue weighted by molar-refractivity contribution is -0.130.